The van der Waals surface area contributed by atoms with Crippen LogP contribution in [-0.2, 0) is 14.3 Å². The normalized spacial score (nSPS) is 19.7. The fourth-order valence-corrected chi connectivity index (χ4v) is 2.71. The lowest BCUT2D eigenvalue weighted by Crippen LogP contribution is -2.39. The van der Waals surface area contributed by atoms with Crippen LogP contribution >= 0.6 is 0 Å². The summed E-state index contributed by atoms with van der Waals surface area (Å²) in [6, 6.07) is 9.48. The van der Waals surface area contributed by atoms with Gasteiger partial charge in [-0.05, 0) is 19.1 Å². The molecular formula is C16H22N2O3. The van der Waals surface area contributed by atoms with Gasteiger partial charge in [-0.3, -0.25) is 9.59 Å². The molecule has 0 radical (unpaired) electrons. The summed E-state index contributed by atoms with van der Waals surface area (Å²) in [6.07, 6.45) is 0.282. The van der Waals surface area contributed by atoms with E-state index in [1.165, 1.54) is 0 Å². The number of rotatable bonds is 5. The quantitative estimate of drug-likeness (QED) is 0.826. The number of benzene rings is 1. The molecule has 5 heteroatoms. The van der Waals surface area contributed by atoms with Crippen molar-refractivity contribution in [1.29, 1.82) is 0 Å². The number of hydrogen-bond acceptors (Lipinski definition) is 3. The molecule has 1 aliphatic rings. The molecule has 0 saturated carbocycles. The van der Waals surface area contributed by atoms with Crippen LogP contribution in [0.15, 0.2) is 30.3 Å². The highest BCUT2D eigenvalue weighted by Gasteiger charge is 2.37. The second-order valence-electron chi connectivity index (χ2n) is 5.48. The van der Waals surface area contributed by atoms with Gasteiger partial charge >= 0.3 is 0 Å². The average Bonchev–Trinajstić information content (AvgIpc) is 2.89. The van der Waals surface area contributed by atoms with Crippen molar-refractivity contribution >= 4 is 17.5 Å². The fraction of sp³-hybridized carbons (Fsp3) is 0.500. The van der Waals surface area contributed by atoms with Gasteiger partial charge < -0.3 is 14.5 Å². The number of methoxy groups -OCH3 is 1. The lowest BCUT2D eigenvalue weighted by molar-refractivity contribution is -0.130. The maximum absolute atomic E-state index is 12.5. The Morgan fingerprint density at radius 3 is 2.71 bits per heavy atom. The van der Waals surface area contributed by atoms with E-state index in [9.17, 15) is 9.59 Å². The minimum absolute atomic E-state index is 0.00216. The Kier molecular flexibility index (Phi) is 4.96. The average molecular weight is 290 g/mol. The Hall–Kier alpha value is -1.88. The van der Waals surface area contributed by atoms with Gasteiger partial charge in [0, 0.05) is 32.8 Å². The third-order valence-corrected chi connectivity index (χ3v) is 3.92. The Morgan fingerprint density at radius 2 is 2.10 bits per heavy atom. The molecule has 0 bridgehead atoms. The van der Waals surface area contributed by atoms with E-state index in [0.717, 1.165) is 5.69 Å². The molecule has 0 N–H and O–H groups in total. The molecule has 21 heavy (non-hydrogen) atoms. The standard InChI is InChI=1S/C16H22N2O3/c1-12(11-21-3)18-10-13(9-15(18)19)16(20)17(2)14-7-5-4-6-8-14/h4-8,12-13H,9-11H2,1-3H3/t12-,13+/m0/s1. The van der Waals surface area contributed by atoms with E-state index in [1.54, 1.807) is 24.0 Å². The molecule has 0 aliphatic carbocycles. The van der Waals surface area contributed by atoms with Crippen molar-refractivity contribution in [3.05, 3.63) is 30.3 Å². The topological polar surface area (TPSA) is 49.9 Å². The third-order valence-electron chi connectivity index (χ3n) is 3.92. The molecule has 1 fully saturated rings. The third kappa shape index (κ3) is 3.42. The molecule has 1 aliphatic heterocycles. The second kappa shape index (κ2) is 6.72. The number of para-hydroxylation sites is 1. The first-order valence-corrected chi connectivity index (χ1v) is 7.15. The summed E-state index contributed by atoms with van der Waals surface area (Å²) < 4.78 is 5.09. The molecule has 1 heterocycles. The summed E-state index contributed by atoms with van der Waals surface area (Å²) in [5.74, 6) is -0.261. The number of anilines is 1. The maximum atomic E-state index is 12.5. The molecule has 5 nitrogen and oxygen atoms in total. The van der Waals surface area contributed by atoms with Crippen LogP contribution in [-0.4, -0.2) is 50.1 Å². The van der Waals surface area contributed by atoms with Crippen LogP contribution in [0.25, 0.3) is 0 Å². The lowest BCUT2D eigenvalue weighted by atomic mass is 10.1. The highest BCUT2D eigenvalue weighted by atomic mass is 16.5. The van der Waals surface area contributed by atoms with Crippen molar-refractivity contribution in [2.75, 3.05) is 32.2 Å². The maximum Gasteiger partial charge on any atom is 0.232 e. The summed E-state index contributed by atoms with van der Waals surface area (Å²) in [4.78, 5) is 28.0. The molecule has 2 atom stereocenters. The van der Waals surface area contributed by atoms with Gasteiger partial charge in [-0.25, -0.2) is 0 Å². The van der Waals surface area contributed by atoms with E-state index in [4.69, 9.17) is 4.74 Å². The SMILES string of the molecule is COC[C@H](C)N1C[C@H](C(=O)N(C)c2ccccc2)CC1=O. The van der Waals surface area contributed by atoms with Crippen molar-refractivity contribution in [3.8, 4) is 0 Å². The number of carbonyl (C=O) groups excluding carboxylic acids is 2. The molecule has 2 rings (SSSR count). The van der Waals surface area contributed by atoms with Crippen molar-refractivity contribution in [3.63, 3.8) is 0 Å². The van der Waals surface area contributed by atoms with Crippen LogP contribution in [0.3, 0.4) is 0 Å². The molecule has 1 aromatic rings. The van der Waals surface area contributed by atoms with E-state index in [0.29, 0.717) is 13.2 Å². The van der Waals surface area contributed by atoms with Crippen molar-refractivity contribution < 1.29 is 14.3 Å². The Labute approximate surface area is 125 Å². The summed E-state index contributed by atoms with van der Waals surface area (Å²) in [6.45, 7) is 2.90. The molecule has 0 unspecified atom stereocenters. The highest BCUT2D eigenvalue weighted by Crippen LogP contribution is 2.24. The van der Waals surface area contributed by atoms with E-state index in [1.807, 2.05) is 37.3 Å². The molecular weight excluding hydrogens is 268 g/mol. The fourth-order valence-electron chi connectivity index (χ4n) is 2.71. The number of ether oxygens (including phenoxy) is 1. The van der Waals surface area contributed by atoms with Gasteiger partial charge in [-0.2, -0.15) is 0 Å². The number of carbonyl (C=O) groups is 2. The Bertz CT molecular complexity index is 504. The van der Waals surface area contributed by atoms with Crippen molar-refractivity contribution in [1.82, 2.24) is 4.90 Å². The summed E-state index contributed by atoms with van der Waals surface area (Å²) in [5, 5.41) is 0. The highest BCUT2D eigenvalue weighted by molar-refractivity contribution is 5.98. The molecule has 1 saturated heterocycles. The summed E-state index contributed by atoms with van der Waals surface area (Å²) >= 11 is 0. The van der Waals surface area contributed by atoms with E-state index in [2.05, 4.69) is 0 Å². The minimum atomic E-state index is -0.276. The van der Waals surface area contributed by atoms with Crippen LogP contribution in [0.5, 0.6) is 0 Å². The second-order valence-corrected chi connectivity index (χ2v) is 5.48. The van der Waals surface area contributed by atoms with E-state index >= 15 is 0 Å². The van der Waals surface area contributed by atoms with Crippen LogP contribution in [0.4, 0.5) is 5.69 Å². The zero-order valence-electron chi connectivity index (χ0n) is 12.8. The molecule has 2 amide bonds. The van der Waals surface area contributed by atoms with Gasteiger partial charge in [0.15, 0.2) is 0 Å². The first-order chi connectivity index (χ1) is 10.0. The van der Waals surface area contributed by atoms with Gasteiger partial charge in [0.05, 0.1) is 18.6 Å². The Morgan fingerprint density at radius 1 is 1.43 bits per heavy atom. The number of nitrogens with zero attached hydrogens (tertiary/aromatic N) is 2. The predicted molar refractivity (Wildman–Crippen MR) is 81.0 cm³/mol. The van der Waals surface area contributed by atoms with Crippen molar-refractivity contribution in [2.45, 2.75) is 19.4 Å². The smallest absolute Gasteiger partial charge is 0.232 e. The molecule has 1 aromatic carbocycles. The largest absolute Gasteiger partial charge is 0.383 e. The zero-order chi connectivity index (χ0) is 15.4. The van der Waals surface area contributed by atoms with Gasteiger partial charge in [0.25, 0.3) is 0 Å². The number of hydrogen-bond donors (Lipinski definition) is 0. The van der Waals surface area contributed by atoms with Crippen molar-refractivity contribution in [2.24, 2.45) is 5.92 Å². The molecule has 0 spiro atoms. The molecule has 114 valence electrons. The van der Waals surface area contributed by atoms with Gasteiger partial charge in [-0.1, -0.05) is 18.2 Å². The monoisotopic (exact) mass is 290 g/mol. The number of amides is 2. The van der Waals surface area contributed by atoms with Crippen LogP contribution in [0, 0.1) is 5.92 Å². The lowest BCUT2D eigenvalue weighted by Gasteiger charge is -2.25. The van der Waals surface area contributed by atoms with Gasteiger partial charge in [0.1, 0.15) is 0 Å². The van der Waals surface area contributed by atoms with Crippen LogP contribution in [0.2, 0.25) is 0 Å². The van der Waals surface area contributed by atoms with Crippen LogP contribution in [0.1, 0.15) is 13.3 Å². The van der Waals surface area contributed by atoms with E-state index in [-0.39, 0.29) is 30.2 Å². The number of likely N-dealkylation sites (tertiary alicyclic amines) is 1. The van der Waals surface area contributed by atoms with E-state index < -0.39 is 0 Å². The first-order valence-electron chi connectivity index (χ1n) is 7.15. The molecule has 0 aromatic heterocycles. The predicted octanol–water partition coefficient (Wildman–Crippen LogP) is 1.53. The van der Waals surface area contributed by atoms with Gasteiger partial charge in [0.2, 0.25) is 11.8 Å². The Balaban J connectivity index is 2.03. The summed E-state index contributed by atoms with van der Waals surface area (Å²) in [5.41, 5.74) is 0.846. The van der Waals surface area contributed by atoms with Gasteiger partial charge in [-0.15, -0.1) is 0 Å². The summed E-state index contributed by atoms with van der Waals surface area (Å²) in [7, 11) is 3.37. The van der Waals surface area contributed by atoms with Crippen LogP contribution < -0.4 is 4.90 Å². The minimum Gasteiger partial charge on any atom is -0.383 e. The first kappa shape index (κ1) is 15.5. The zero-order valence-corrected chi connectivity index (χ0v) is 12.8.